The molecule has 0 saturated carbocycles. The number of nitrogens with zero attached hydrogens (tertiary/aromatic N) is 2. The highest BCUT2D eigenvalue weighted by atomic mass is 32.2. The monoisotopic (exact) mass is 325 g/mol. The van der Waals surface area contributed by atoms with Gasteiger partial charge in [0.05, 0.1) is 17.2 Å². The van der Waals surface area contributed by atoms with Gasteiger partial charge in [0.15, 0.2) is 0 Å². The molecule has 7 nitrogen and oxygen atoms in total. The SMILES string of the molecule is CCOc1ccc([N+](=O)[O-])cc1NC(=O)N(C)[C@H]1CCSC1. The third-order valence-corrected chi connectivity index (χ3v) is 4.63. The van der Waals surface area contributed by atoms with Gasteiger partial charge in [0.2, 0.25) is 0 Å². The lowest BCUT2D eigenvalue weighted by Gasteiger charge is -2.24. The minimum Gasteiger partial charge on any atom is -0.492 e. The molecular weight excluding hydrogens is 306 g/mol. The van der Waals surface area contributed by atoms with E-state index < -0.39 is 4.92 Å². The fourth-order valence-corrected chi connectivity index (χ4v) is 3.48. The van der Waals surface area contributed by atoms with Gasteiger partial charge < -0.3 is 15.0 Å². The molecule has 0 aromatic heterocycles. The summed E-state index contributed by atoms with van der Waals surface area (Å²) in [4.78, 5) is 24.4. The van der Waals surface area contributed by atoms with E-state index in [9.17, 15) is 14.9 Å². The van der Waals surface area contributed by atoms with Crippen molar-refractivity contribution in [2.24, 2.45) is 0 Å². The number of carbonyl (C=O) groups excluding carboxylic acids is 1. The van der Waals surface area contributed by atoms with Gasteiger partial charge >= 0.3 is 6.03 Å². The Labute approximate surface area is 133 Å². The molecule has 2 rings (SSSR count). The molecule has 120 valence electrons. The number of thioether (sulfide) groups is 1. The van der Waals surface area contributed by atoms with Crippen molar-refractivity contribution in [1.82, 2.24) is 4.90 Å². The Morgan fingerprint density at radius 3 is 2.95 bits per heavy atom. The van der Waals surface area contributed by atoms with E-state index in [0.717, 1.165) is 17.9 Å². The van der Waals surface area contributed by atoms with Gasteiger partial charge in [-0.15, -0.1) is 0 Å². The smallest absolute Gasteiger partial charge is 0.321 e. The molecule has 1 aliphatic heterocycles. The van der Waals surface area contributed by atoms with E-state index in [2.05, 4.69) is 5.32 Å². The van der Waals surface area contributed by atoms with Crippen LogP contribution < -0.4 is 10.1 Å². The zero-order valence-electron chi connectivity index (χ0n) is 12.6. The summed E-state index contributed by atoms with van der Waals surface area (Å²) in [5.74, 6) is 2.39. The topological polar surface area (TPSA) is 84.7 Å². The van der Waals surface area contributed by atoms with Crippen LogP contribution in [0.25, 0.3) is 0 Å². The molecule has 1 fully saturated rings. The summed E-state index contributed by atoms with van der Waals surface area (Å²) in [6.07, 6.45) is 0.960. The molecule has 0 radical (unpaired) electrons. The Bertz CT molecular complexity index is 561. The number of ether oxygens (including phenoxy) is 1. The van der Waals surface area contributed by atoms with Crippen molar-refractivity contribution in [3.05, 3.63) is 28.3 Å². The van der Waals surface area contributed by atoms with Crippen molar-refractivity contribution in [3.63, 3.8) is 0 Å². The second-order valence-electron chi connectivity index (χ2n) is 4.93. The average molecular weight is 325 g/mol. The molecule has 0 spiro atoms. The minimum atomic E-state index is -0.497. The van der Waals surface area contributed by atoms with Gasteiger partial charge in [0.25, 0.3) is 5.69 Å². The summed E-state index contributed by atoms with van der Waals surface area (Å²) in [7, 11) is 1.74. The van der Waals surface area contributed by atoms with Crippen LogP contribution in [0.3, 0.4) is 0 Å². The van der Waals surface area contributed by atoms with Crippen molar-refractivity contribution >= 4 is 29.2 Å². The highest BCUT2D eigenvalue weighted by molar-refractivity contribution is 7.99. The maximum absolute atomic E-state index is 12.3. The number of urea groups is 1. The molecule has 0 bridgehead atoms. The van der Waals surface area contributed by atoms with Gasteiger partial charge in [-0.2, -0.15) is 11.8 Å². The van der Waals surface area contributed by atoms with E-state index in [0.29, 0.717) is 18.0 Å². The van der Waals surface area contributed by atoms with Crippen LogP contribution in [0.1, 0.15) is 13.3 Å². The quantitative estimate of drug-likeness (QED) is 0.664. The first kappa shape index (κ1) is 16.4. The molecular formula is C14H19N3O4S. The van der Waals surface area contributed by atoms with Crippen molar-refractivity contribution in [1.29, 1.82) is 0 Å². The summed E-state index contributed by atoms with van der Waals surface area (Å²) in [5, 5.41) is 13.6. The van der Waals surface area contributed by atoms with Crippen LogP contribution in [0.4, 0.5) is 16.2 Å². The zero-order valence-corrected chi connectivity index (χ0v) is 13.4. The molecule has 1 heterocycles. The average Bonchev–Trinajstić information content (AvgIpc) is 3.02. The predicted octanol–water partition coefficient (Wildman–Crippen LogP) is 2.96. The van der Waals surface area contributed by atoms with Gasteiger partial charge in [-0.25, -0.2) is 4.79 Å². The number of hydrogen-bond acceptors (Lipinski definition) is 5. The van der Waals surface area contributed by atoms with E-state index in [-0.39, 0.29) is 17.8 Å². The third kappa shape index (κ3) is 3.82. The van der Waals surface area contributed by atoms with Gasteiger partial charge in [-0.1, -0.05) is 0 Å². The maximum Gasteiger partial charge on any atom is 0.321 e. The molecule has 8 heteroatoms. The van der Waals surface area contributed by atoms with Gasteiger partial charge in [0.1, 0.15) is 5.75 Å². The molecule has 1 atom stereocenters. The Kier molecular flexibility index (Phi) is 5.48. The summed E-state index contributed by atoms with van der Waals surface area (Å²) < 4.78 is 5.42. The van der Waals surface area contributed by atoms with Gasteiger partial charge in [-0.05, 0) is 25.2 Å². The second kappa shape index (κ2) is 7.35. The summed E-state index contributed by atoms with van der Waals surface area (Å²) in [6, 6.07) is 4.09. The number of anilines is 1. The number of hydrogen-bond donors (Lipinski definition) is 1. The molecule has 0 unspecified atom stereocenters. The lowest BCUT2D eigenvalue weighted by atomic mass is 10.2. The van der Waals surface area contributed by atoms with E-state index in [1.807, 2.05) is 18.7 Å². The van der Waals surface area contributed by atoms with Crippen molar-refractivity contribution in [2.75, 3.05) is 30.5 Å². The van der Waals surface area contributed by atoms with Crippen molar-refractivity contribution in [3.8, 4) is 5.75 Å². The second-order valence-corrected chi connectivity index (χ2v) is 6.08. The maximum atomic E-state index is 12.3. The lowest BCUT2D eigenvalue weighted by molar-refractivity contribution is -0.384. The highest BCUT2D eigenvalue weighted by Crippen LogP contribution is 2.30. The number of nitro groups is 1. The van der Waals surface area contributed by atoms with Crippen LogP contribution in [-0.2, 0) is 0 Å². The van der Waals surface area contributed by atoms with E-state index in [4.69, 9.17) is 4.74 Å². The lowest BCUT2D eigenvalue weighted by Crippen LogP contribution is -2.39. The van der Waals surface area contributed by atoms with E-state index >= 15 is 0 Å². The summed E-state index contributed by atoms with van der Waals surface area (Å²) in [6.45, 7) is 2.23. The zero-order chi connectivity index (χ0) is 16.1. The van der Waals surface area contributed by atoms with Gasteiger partial charge in [0, 0.05) is 31.0 Å². The normalized spacial score (nSPS) is 17.1. The Morgan fingerprint density at radius 1 is 1.59 bits per heavy atom. The Morgan fingerprint density at radius 2 is 2.36 bits per heavy atom. The standard InChI is InChI=1S/C14H19N3O4S/c1-3-21-13-5-4-10(17(19)20)8-12(13)15-14(18)16(2)11-6-7-22-9-11/h4-5,8,11H,3,6-7,9H2,1-2H3,(H,15,18)/t11-/m0/s1. The van der Waals surface area contributed by atoms with Gasteiger partial charge in [-0.3, -0.25) is 10.1 Å². The number of carbonyl (C=O) groups is 1. The Balaban J connectivity index is 2.16. The third-order valence-electron chi connectivity index (χ3n) is 3.49. The first-order chi connectivity index (χ1) is 10.5. The molecule has 1 saturated heterocycles. The number of nitrogens with one attached hydrogen (secondary N) is 1. The van der Waals surface area contributed by atoms with Crippen LogP contribution >= 0.6 is 11.8 Å². The number of non-ortho nitro benzene ring substituents is 1. The van der Waals surface area contributed by atoms with Crippen LogP contribution in [0, 0.1) is 10.1 Å². The number of nitro benzene ring substituents is 1. The summed E-state index contributed by atoms with van der Waals surface area (Å²) >= 11 is 1.82. The first-order valence-electron chi connectivity index (χ1n) is 7.05. The van der Waals surface area contributed by atoms with Crippen molar-refractivity contribution < 1.29 is 14.5 Å². The molecule has 0 aliphatic carbocycles. The molecule has 1 aliphatic rings. The fourth-order valence-electron chi connectivity index (χ4n) is 2.21. The highest BCUT2D eigenvalue weighted by Gasteiger charge is 2.25. The number of benzene rings is 1. The largest absolute Gasteiger partial charge is 0.492 e. The molecule has 22 heavy (non-hydrogen) atoms. The Hall–Kier alpha value is -1.96. The van der Waals surface area contributed by atoms with Crippen LogP contribution in [0.15, 0.2) is 18.2 Å². The molecule has 1 N–H and O–H groups in total. The molecule has 1 aromatic carbocycles. The fraction of sp³-hybridized carbons (Fsp3) is 0.500. The van der Waals surface area contributed by atoms with E-state index in [1.165, 1.54) is 18.2 Å². The molecule has 1 aromatic rings. The van der Waals surface area contributed by atoms with Crippen LogP contribution in [0.2, 0.25) is 0 Å². The van der Waals surface area contributed by atoms with Crippen LogP contribution in [0.5, 0.6) is 5.75 Å². The first-order valence-corrected chi connectivity index (χ1v) is 8.21. The van der Waals surface area contributed by atoms with Crippen molar-refractivity contribution in [2.45, 2.75) is 19.4 Å². The minimum absolute atomic E-state index is 0.0853. The van der Waals surface area contributed by atoms with Crippen LogP contribution in [-0.4, -0.2) is 47.1 Å². The number of amides is 2. The summed E-state index contributed by atoms with van der Waals surface area (Å²) in [5.41, 5.74) is 0.233. The predicted molar refractivity (Wildman–Crippen MR) is 86.8 cm³/mol. The van der Waals surface area contributed by atoms with E-state index in [1.54, 1.807) is 11.9 Å². The molecule has 2 amide bonds. The number of rotatable bonds is 5.